The molecule has 0 aliphatic rings. The second-order valence-corrected chi connectivity index (χ2v) is 5.19. The number of rotatable bonds is 2. The van der Waals surface area contributed by atoms with Crippen LogP contribution in [0, 0.1) is 0 Å². The van der Waals surface area contributed by atoms with Gasteiger partial charge in [0.05, 0.1) is 15.9 Å². The monoisotopic (exact) mass is 311 g/mol. The molecule has 0 spiro atoms. The maximum Gasteiger partial charge on any atom is 0.449 e. The molecule has 0 saturated carbocycles. The van der Waals surface area contributed by atoms with E-state index < -0.39 is 12.0 Å². The van der Waals surface area contributed by atoms with E-state index >= 15 is 0 Å². The molecule has 1 amide bonds. The summed E-state index contributed by atoms with van der Waals surface area (Å²) in [5, 5.41) is 4.39. The van der Waals surface area contributed by atoms with Gasteiger partial charge in [0, 0.05) is 5.69 Å². The summed E-state index contributed by atoms with van der Waals surface area (Å²) in [7, 11) is 0. The van der Waals surface area contributed by atoms with Crippen molar-refractivity contribution in [1.82, 2.24) is 9.97 Å². The van der Waals surface area contributed by atoms with Crippen LogP contribution in [-0.2, 0) is 6.18 Å². The second kappa shape index (κ2) is 4.88. The lowest BCUT2D eigenvalue weighted by molar-refractivity contribution is -0.144. The Morgan fingerprint density at radius 3 is 2.76 bits per heavy atom. The van der Waals surface area contributed by atoms with Gasteiger partial charge in [-0.2, -0.15) is 13.2 Å². The third-order valence-electron chi connectivity index (χ3n) is 2.75. The van der Waals surface area contributed by atoms with Gasteiger partial charge in [0.2, 0.25) is 5.82 Å². The smallest absolute Gasteiger partial charge is 0.334 e. The molecular weight excluding hydrogens is 303 g/mol. The molecule has 8 heteroatoms. The number of imidazole rings is 1. The molecule has 0 aliphatic carbocycles. The summed E-state index contributed by atoms with van der Waals surface area (Å²) in [6.07, 6.45) is -4.53. The van der Waals surface area contributed by atoms with E-state index in [0.29, 0.717) is 10.6 Å². The standard InChI is InChI=1S/C13H8F3N3OS/c14-13(15,16)12-18-8-4-3-7(6-9(8)19-12)17-11(20)10-2-1-5-21-10/h1-6H,(H,17,20)(H,18,19). The fourth-order valence-corrected chi connectivity index (χ4v) is 2.44. The fraction of sp³-hybridized carbons (Fsp3) is 0.0769. The van der Waals surface area contributed by atoms with Gasteiger partial charge in [0.15, 0.2) is 0 Å². The van der Waals surface area contributed by atoms with Gasteiger partial charge < -0.3 is 10.3 Å². The molecule has 4 nitrogen and oxygen atoms in total. The van der Waals surface area contributed by atoms with E-state index in [1.807, 2.05) is 0 Å². The average molecular weight is 311 g/mol. The molecule has 2 N–H and O–H groups in total. The summed E-state index contributed by atoms with van der Waals surface area (Å²) in [6, 6.07) is 7.76. The number of fused-ring (bicyclic) bond motifs is 1. The van der Waals surface area contributed by atoms with Gasteiger partial charge in [-0.15, -0.1) is 11.3 Å². The highest BCUT2D eigenvalue weighted by Crippen LogP contribution is 2.29. The van der Waals surface area contributed by atoms with E-state index in [1.165, 1.54) is 29.5 Å². The number of nitrogens with zero attached hydrogens (tertiary/aromatic N) is 1. The Morgan fingerprint density at radius 1 is 1.29 bits per heavy atom. The number of halogens is 3. The zero-order valence-corrected chi connectivity index (χ0v) is 11.2. The highest BCUT2D eigenvalue weighted by molar-refractivity contribution is 7.12. The van der Waals surface area contributed by atoms with Crippen LogP contribution < -0.4 is 5.32 Å². The lowest BCUT2D eigenvalue weighted by Crippen LogP contribution is -2.09. The largest absolute Gasteiger partial charge is 0.449 e. The Hall–Kier alpha value is -2.35. The molecule has 0 aliphatic heterocycles. The van der Waals surface area contributed by atoms with Gasteiger partial charge in [0.25, 0.3) is 5.91 Å². The normalized spacial score (nSPS) is 11.8. The number of H-pyrrole nitrogens is 1. The molecule has 0 atom stereocenters. The Kier molecular flexibility index (Phi) is 3.17. The van der Waals surface area contributed by atoms with Crippen molar-refractivity contribution < 1.29 is 18.0 Å². The molecule has 0 fully saturated rings. The highest BCUT2D eigenvalue weighted by Gasteiger charge is 2.34. The first-order chi connectivity index (χ1) is 9.93. The SMILES string of the molecule is O=C(Nc1ccc2nc(C(F)(F)F)[nH]c2c1)c1cccs1. The zero-order chi connectivity index (χ0) is 15.0. The van der Waals surface area contributed by atoms with Crippen LogP contribution in [0.5, 0.6) is 0 Å². The van der Waals surface area contributed by atoms with Gasteiger partial charge in [-0.05, 0) is 29.6 Å². The number of hydrogen-bond donors (Lipinski definition) is 2. The van der Waals surface area contributed by atoms with Crippen molar-refractivity contribution >= 4 is 34.0 Å². The summed E-state index contributed by atoms with van der Waals surface area (Å²) in [5.74, 6) is -1.36. The average Bonchev–Trinajstić information content (AvgIpc) is 3.06. The van der Waals surface area contributed by atoms with Crippen molar-refractivity contribution in [3.05, 3.63) is 46.4 Å². The Morgan fingerprint density at radius 2 is 2.10 bits per heavy atom. The number of aromatic amines is 1. The molecule has 1 aromatic carbocycles. The van der Waals surface area contributed by atoms with Crippen molar-refractivity contribution in [3.8, 4) is 0 Å². The molecule has 0 bridgehead atoms. The first-order valence-electron chi connectivity index (χ1n) is 5.85. The van der Waals surface area contributed by atoms with Crippen molar-refractivity contribution in [2.45, 2.75) is 6.18 Å². The van der Waals surface area contributed by atoms with Crippen LogP contribution in [0.3, 0.4) is 0 Å². The quantitative estimate of drug-likeness (QED) is 0.754. The van der Waals surface area contributed by atoms with Crippen LogP contribution in [0.15, 0.2) is 35.7 Å². The van der Waals surface area contributed by atoms with E-state index in [9.17, 15) is 18.0 Å². The number of benzene rings is 1. The van der Waals surface area contributed by atoms with Crippen molar-refractivity contribution in [3.63, 3.8) is 0 Å². The van der Waals surface area contributed by atoms with Gasteiger partial charge >= 0.3 is 6.18 Å². The predicted octanol–water partition coefficient (Wildman–Crippen LogP) is 3.90. The summed E-state index contributed by atoms with van der Waals surface area (Å²) < 4.78 is 37.7. The van der Waals surface area contributed by atoms with Crippen LogP contribution in [0.1, 0.15) is 15.5 Å². The molecule has 0 radical (unpaired) electrons. The number of thiophene rings is 1. The summed E-state index contributed by atoms with van der Waals surface area (Å²) in [6.45, 7) is 0. The van der Waals surface area contributed by atoms with Crippen molar-refractivity contribution in [2.75, 3.05) is 5.32 Å². The highest BCUT2D eigenvalue weighted by atomic mass is 32.1. The maximum atomic E-state index is 12.6. The summed E-state index contributed by atoms with van der Waals surface area (Å²) in [5.41, 5.74) is 0.807. The minimum absolute atomic E-state index is 0.191. The van der Waals surface area contributed by atoms with Crippen LogP contribution in [-0.4, -0.2) is 15.9 Å². The zero-order valence-electron chi connectivity index (χ0n) is 10.4. The van der Waals surface area contributed by atoms with Crippen LogP contribution in [0.2, 0.25) is 0 Å². The lowest BCUT2D eigenvalue weighted by Gasteiger charge is -2.03. The first kappa shape index (κ1) is 13.6. The van der Waals surface area contributed by atoms with Crippen molar-refractivity contribution in [1.29, 1.82) is 0 Å². The predicted molar refractivity (Wildman–Crippen MR) is 73.4 cm³/mol. The number of aromatic nitrogens is 2. The number of carbonyl (C=O) groups excluding carboxylic acids is 1. The van der Waals surface area contributed by atoms with Gasteiger partial charge in [-0.25, -0.2) is 4.98 Å². The van der Waals surface area contributed by atoms with Gasteiger partial charge in [-0.3, -0.25) is 4.79 Å². The molecule has 108 valence electrons. The molecule has 0 saturated heterocycles. The van der Waals surface area contributed by atoms with E-state index in [1.54, 1.807) is 17.5 Å². The van der Waals surface area contributed by atoms with Gasteiger partial charge in [-0.1, -0.05) is 6.07 Å². The molecule has 0 unspecified atom stereocenters. The third kappa shape index (κ3) is 2.75. The van der Waals surface area contributed by atoms with Gasteiger partial charge in [0.1, 0.15) is 0 Å². The second-order valence-electron chi connectivity index (χ2n) is 4.25. The number of alkyl halides is 3. The Labute approximate surface area is 120 Å². The summed E-state index contributed by atoms with van der Waals surface area (Å²) in [4.78, 5) is 18.1. The minimum atomic E-state index is -4.53. The molecule has 2 aromatic heterocycles. The lowest BCUT2D eigenvalue weighted by atomic mass is 10.2. The first-order valence-corrected chi connectivity index (χ1v) is 6.73. The number of anilines is 1. The molecule has 21 heavy (non-hydrogen) atoms. The van der Waals surface area contributed by atoms with E-state index in [-0.39, 0.29) is 16.9 Å². The topological polar surface area (TPSA) is 57.8 Å². The van der Waals surface area contributed by atoms with Crippen LogP contribution in [0.4, 0.5) is 18.9 Å². The number of nitrogens with one attached hydrogen (secondary N) is 2. The van der Waals surface area contributed by atoms with E-state index in [2.05, 4.69) is 15.3 Å². The molecule has 2 heterocycles. The third-order valence-corrected chi connectivity index (χ3v) is 3.62. The van der Waals surface area contributed by atoms with Crippen molar-refractivity contribution in [2.24, 2.45) is 0 Å². The van der Waals surface area contributed by atoms with Crippen LogP contribution in [0.25, 0.3) is 11.0 Å². The maximum absolute atomic E-state index is 12.6. The number of carbonyl (C=O) groups is 1. The Bertz CT molecular complexity index is 793. The Balaban J connectivity index is 1.89. The van der Waals surface area contributed by atoms with E-state index in [0.717, 1.165) is 0 Å². The number of amides is 1. The summed E-state index contributed by atoms with van der Waals surface area (Å²) >= 11 is 1.28. The minimum Gasteiger partial charge on any atom is -0.334 e. The fourth-order valence-electron chi connectivity index (χ4n) is 1.82. The molecule has 3 aromatic rings. The van der Waals surface area contributed by atoms with E-state index in [4.69, 9.17) is 0 Å². The molecular formula is C13H8F3N3OS. The number of hydrogen-bond acceptors (Lipinski definition) is 3. The van der Waals surface area contributed by atoms with Crippen LogP contribution >= 0.6 is 11.3 Å². The molecule has 3 rings (SSSR count).